The number of aryl methyl sites for hydroxylation is 1. The predicted molar refractivity (Wildman–Crippen MR) is 91.2 cm³/mol. The Hall–Kier alpha value is -2.27. The first kappa shape index (κ1) is 16.6. The molecule has 1 fully saturated rings. The standard InChI is InChI=1S/C19H23N3O2/c23-19(9-8-16-5-3-10-20-13-16)22-12-4-7-18(14-22)24-15-17-6-1-2-11-21-17/h1-3,5-6,10-11,13,18H,4,7-9,12,14-15H2/t18-/m1/s1. The van der Waals surface area contributed by atoms with Crippen LogP contribution in [0.1, 0.15) is 30.5 Å². The Morgan fingerprint density at radius 2 is 2.21 bits per heavy atom. The van der Waals surface area contributed by atoms with E-state index in [0.29, 0.717) is 19.6 Å². The van der Waals surface area contributed by atoms with E-state index in [0.717, 1.165) is 37.1 Å². The topological polar surface area (TPSA) is 55.3 Å². The number of piperidine rings is 1. The van der Waals surface area contributed by atoms with Gasteiger partial charge in [0.25, 0.3) is 0 Å². The van der Waals surface area contributed by atoms with Crippen molar-refractivity contribution in [1.82, 2.24) is 14.9 Å². The van der Waals surface area contributed by atoms with Crippen molar-refractivity contribution in [2.75, 3.05) is 13.1 Å². The van der Waals surface area contributed by atoms with Crippen LogP contribution in [0.5, 0.6) is 0 Å². The van der Waals surface area contributed by atoms with E-state index in [2.05, 4.69) is 9.97 Å². The Morgan fingerprint density at radius 3 is 3.00 bits per heavy atom. The van der Waals surface area contributed by atoms with Crippen LogP contribution in [0.15, 0.2) is 48.9 Å². The summed E-state index contributed by atoms with van der Waals surface area (Å²) in [7, 11) is 0. The fraction of sp³-hybridized carbons (Fsp3) is 0.421. The summed E-state index contributed by atoms with van der Waals surface area (Å²) in [5.74, 6) is 0.199. The van der Waals surface area contributed by atoms with E-state index < -0.39 is 0 Å². The van der Waals surface area contributed by atoms with Gasteiger partial charge in [-0.25, -0.2) is 0 Å². The molecule has 5 heteroatoms. The zero-order valence-corrected chi connectivity index (χ0v) is 13.8. The van der Waals surface area contributed by atoms with Gasteiger partial charge in [-0.15, -0.1) is 0 Å². The molecule has 0 bridgehead atoms. The number of carbonyl (C=O) groups excluding carboxylic acids is 1. The highest BCUT2D eigenvalue weighted by atomic mass is 16.5. The number of nitrogens with zero attached hydrogens (tertiary/aromatic N) is 3. The van der Waals surface area contributed by atoms with Crippen molar-refractivity contribution >= 4 is 5.91 Å². The zero-order valence-electron chi connectivity index (χ0n) is 13.8. The van der Waals surface area contributed by atoms with E-state index in [4.69, 9.17) is 4.74 Å². The largest absolute Gasteiger partial charge is 0.370 e. The lowest BCUT2D eigenvalue weighted by atomic mass is 10.1. The number of hydrogen-bond donors (Lipinski definition) is 0. The van der Waals surface area contributed by atoms with Gasteiger partial charge in [-0.05, 0) is 43.0 Å². The van der Waals surface area contributed by atoms with Crippen molar-refractivity contribution in [3.63, 3.8) is 0 Å². The minimum Gasteiger partial charge on any atom is -0.370 e. The van der Waals surface area contributed by atoms with Crippen molar-refractivity contribution in [2.45, 2.75) is 38.4 Å². The van der Waals surface area contributed by atoms with Gasteiger partial charge >= 0.3 is 0 Å². The molecule has 1 atom stereocenters. The Morgan fingerprint density at radius 1 is 1.25 bits per heavy atom. The van der Waals surface area contributed by atoms with Gasteiger partial charge in [0.1, 0.15) is 0 Å². The number of hydrogen-bond acceptors (Lipinski definition) is 4. The van der Waals surface area contributed by atoms with Crippen LogP contribution in [0.2, 0.25) is 0 Å². The summed E-state index contributed by atoms with van der Waals surface area (Å²) in [5.41, 5.74) is 2.03. The number of pyridine rings is 2. The third kappa shape index (κ3) is 4.86. The minimum atomic E-state index is 0.100. The molecule has 5 nitrogen and oxygen atoms in total. The lowest BCUT2D eigenvalue weighted by Gasteiger charge is -2.32. The number of amides is 1. The molecule has 3 heterocycles. The third-order valence-electron chi connectivity index (χ3n) is 4.27. The van der Waals surface area contributed by atoms with Crippen LogP contribution in [0.4, 0.5) is 0 Å². The van der Waals surface area contributed by atoms with Gasteiger partial charge in [0.15, 0.2) is 0 Å². The summed E-state index contributed by atoms with van der Waals surface area (Å²) in [6, 6.07) is 9.73. The van der Waals surface area contributed by atoms with Crippen molar-refractivity contribution in [3.05, 3.63) is 60.2 Å². The molecular weight excluding hydrogens is 302 g/mol. The first-order valence-electron chi connectivity index (χ1n) is 8.49. The molecule has 2 aromatic rings. The summed E-state index contributed by atoms with van der Waals surface area (Å²) in [6.07, 6.45) is 8.70. The highest BCUT2D eigenvalue weighted by Crippen LogP contribution is 2.16. The number of rotatable bonds is 6. The molecule has 126 valence electrons. The van der Waals surface area contributed by atoms with Gasteiger partial charge in [0.2, 0.25) is 5.91 Å². The highest BCUT2D eigenvalue weighted by molar-refractivity contribution is 5.76. The number of ether oxygens (including phenoxy) is 1. The van der Waals surface area contributed by atoms with Crippen LogP contribution in [0.25, 0.3) is 0 Å². The SMILES string of the molecule is O=C(CCc1cccnc1)N1CCC[C@@H](OCc2ccccn2)C1. The molecule has 2 aromatic heterocycles. The molecule has 3 rings (SSSR count). The second-order valence-corrected chi connectivity index (χ2v) is 6.10. The van der Waals surface area contributed by atoms with E-state index in [1.807, 2.05) is 41.4 Å². The second kappa shape index (κ2) is 8.55. The molecule has 1 aliphatic rings. The number of likely N-dealkylation sites (tertiary alicyclic amines) is 1. The maximum atomic E-state index is 12.4. The molecule has 0 spiro atoms. The first-order chi connectivity index (χ1) is 11.8. The molecule has 24 heavy (non-hydrogen) atoms. The van der Waals surface area contributed by atoms with Gasteiger partial charge < -0.3 is 9.64 Å². The van der Waals surface area contributed by atoms with Crippen molar-refractivity contribution < 1.29 is 9.53 Å². The Balaban J connectivity index is 1.45. The maximum absolute atomic E-state index is 12.4. The molecule has 1 amide bonds. The van der Waals surface area contributed by atoms with Gasteiger partial charge in [0, 0.05) is 38.1 Å². The Kier molecular flexibility index (Phi) is 5.90. The summed E-state index contributed by atoms with van der Waals surface area (Å²) in [5, 5.41) is 0. The quantitative estimate of drug-likeness (QED) is 0.819. The molecule has 0 N–H and O–H groups in total. The average Bonchev–Trinajstić information content (AvgIpc) is 2.66. The van der Waals surface area contributed by atoms with Crippen LogP contribution in [-0.4, -0.2) is 40.0 Å². The van der Waals surface area contributed by atoms with E-state index in [1.54, 1.807) is 12.4 Å². The number of carbonyl (C=O) groups is 1. The summed E-state index contributed by atoms with van der Waals surface area (Å²) in [6.45, 7) is 2.01. The van der Waals surface area contributed by atoms with Crippen LogP contribution >= 0.6 is 0 Å². The normalized spacial score (nSPS) is 17.7. The van der Waals surface area contributed by atoms with Crippen LogP contribution < -0.4 is 0 Å². The van der Waals surface area contributed by atoms with Crippen molar-refractivity contribution in [2.24, 2.45) is 0 Å². The first-order valence-corrected chi connectivity index (χ1v) is 8.49. The fourth-order valence-corrected chi connectivity index (χ4v) is 2.94. The van der Waals surface area contributed by atoms with E-state index in [-0.39, 0.29) is 12.0 Å². The van der Waals surface area contributed by atoms with Crippen LogP contribution in [0.3, 0.4) is 0 Å². The van der Waals surface area contributed by atoms with E-state index >= 15 is 0 Å². The van der Waals surface area contributed by atoms with Gasteiger partial charge in [-0.3, -0.25) is 14.8 Å². The molecule has 0 saturated carbocycles. The smallest absolute Gasteiger partial charge is 0.222 e. The van der Waals surface area contributed by atoms with E-state index in [1.165, 1.54) is 0 Å². The third-order valence-corrected chi connectivity index (χ3v) is 4.27. The van der Waals surface area contributed by atoms with Crippen molar-refractivity contribution in [3.8, 4) is 0 Å². The molecule has 0 aliphatic carbocycles. The number of aromatic nitrogens is 2. The monoisotopic (exact) mass is 325 g/mol. The molecular formula is C19H23N3O2. The van der Waals surface area contributed by atoms with Crippen LogP contribution in [-0.2, 0) is 22.6 Å². The molecule has 1 aliphatic heterocycles. The molecule has 0 unspecified atom stereocenters. The minimum absolute atomic E-state index is 0.100. The predicted octanol–water partition coefficient (Wildman–Crippen LogP) is 2.62. The zero-order chi connectivity index (χ0) is 16.6. The average molecular weight is 325 g/mol. The summed E-state index contributed by atoms with van der Waals surface area (Å²) >= 11 is 0. The van der Waals surface area contributed by atoms with Crippen molar-refractivity contribution in [1.29, 1.82) is 0 Å². The Labute approximate surface area is 142 Å². The lowest BCUT2D eigenvalue weighted by molar-refractivity contribution is -0.135. The second-order valence-electron chi connectivity index (χ2n) is 6.10. The van der Waals surface area contributed by atoms with Crippen LogP contribution in [0, 0.1) is 0 Å². The molecule has 0 radical (unpaired) electrons. The fourth-order valence-electron chi connectivity index (χ4n) is 2.94. The van der Waals surface area contributed by atoms with Gasteiger partial charge in [-0.2, -0.15) is 0 Å². The maximum Gasteiger partial charge on any atom is 0.222 e. The highest BCUT2D eigenvalue weighted by Gasteiger charge is 2.24. The molecule has 0 aromatic carbocycles. The molecule has 1 saturated heterocycles. The summed E-state index contributed by atoms with van der Waals surface area (Å²) in [4.78, 5) is 22.7. The van der Waals surface area contributed by atoms with Gasteiger partial charge in [0.05, 0.1) is 18.4 Å². The van der Waals surface area contributed by atoms with E-state index in [9.17, 15) is 4.79 Å². The summed E-state index contributed by atoms with van der Waals surface area (Å²) < 4.78 is 5.95. The lowest BCUT2D eigenvalue weighted by Crippen LogP contribution is -2.43. The Bertz CT molecular complexity index is 634. The van der Waals surface area contributed by atoms with Gasteiger partial charge in [-0.1, -0.05) is 12.1 Å².